The first-order valence-electron chi connectivity index (χ1n) is 12.1. The van der Waals surface area contributed by atoms with Crippen LogP contribution in [-0.2, 0) is 0 Å². The van der Waals surface area contributed by atoms with Crippen LogP contribution in [0.2, 0.25) is 0 Å². The van der Waals surface area contributed by atoms with E-state index < -0.39 is 5.97 Å². The number of aromatic nitrogens is 2. The van der Waals surface area contributed by atoms with Crippen LogP contribution in [0.1, 0.15) is 45.1 Å². The van der Waals surface area contributed by atoms with E-state index in [2.05, 4.69) is 50.4 Å². The number of nitrogens with zero attached hydrogens (tertiary/aromatic N) is 4. The van der Waals surface area contributed by atoms with Crippen molar-refractivity contribution < 1.29 is 9.90 Å². The van der Waals surface area contributed by atoms with Crippen LogP contribution in [0.5, 0.6) is 0 Å². The summed E-state index contributed by atoms with van der Waals surface area (Å²) >= 11 is 5.88. The van der Waals surface area contributed by atoms with Crippen LogP contribution in [0.4, 0.5) is 11.4 Å². The second kappa shape index (κ2) is 9.71. The molecule has 1 saturated heterocycles. The van der Waals surface area contributed by atoms with Gasteiger partial charge in [0.25, 0.3) is 0 Å². The lowest BCUT2D eigenvalue weighted by atomic mass is 9.96. The van der Waals surface area contributed by atoms with Crippen molar-refractivity contribution in [2.75, 3.05) is 23.9 Å². The largest absolute Gasteiger partial charge is 0.478 e. The Morgan fingerprint density at radius 1 is 1.03 bits per heavy atom. The van der Waals surface area contributed by atoms with Crippen LogP contribution in [0.15, 0.2) is 79.0 Å². The number of anilines is 2. The van der Waals surface area contributed by atoms with E-state index in [1.165, 1.54) is 0 Å². The lowest BCUT2D eigenvalue weighted by Crippen LogP contribution is -2.29. The summed E-state index contributed by atoms with van der Waals surface area (Å²) in [5.41, 5.74) is 6.82. The van der Waals surface area contributed by atoms with Gasteiger partial charge >= 0.3 is 5.97 Å². The minimum absolute atomic E-state index is 0.189. The minimum Gasteiger partial charge on any atom is -0.478 e. The van der Waals surface area contributed by atoms with Gasteiger partial charge in [-0.25, -0.2) is 4.79 Å². The maximum absolute atomic E-state index is 12.0. The van der Waals surface area contributed by atoms with Crippen molar-refractivity contribution in [1.29, 1.82) is 0 Å². The van der Waals surface area contributed by atoms with Gasteiger partial charge in [-0.1, -0.05) is 18.2 Å². The highest BCUT2D eigenvalue weighted by atomic mass is 32.1. The number of carboxylic acids is 1. The number of para-hydroxylation sites is 1. The number of pyridine rings is 1. The van der Waals surface area contributed by atoms with Crippen molar-refractivity contribution in [3.63, 3.8) is 0 Å². The number of thiocarbonyl (C=S) groups is 1. The maximum atomic E-state index is 12.0. The molecule has 1 fully saturated rings. The van der Waals surface area contributed by atoms with Crippen LogP contribution in [0.3, 0.4) is 0 Å². The van der Waals surface area contributed by atoms with Gasteiger partial charge in [0, 0.05) is 43.1 Å². The molecule has 2 aromatic carbocycles. The van der Waals surface area contributed by atoms with Crippen LogP contribution in [0, 0.1) is 13.8 Å². The molecule has 0 unspecified atom stereocenters. The average Bonchev–Trinajstić information content (AvgIpc) is 3.39. The molecule has 0 bridgehead atoms. The van der Waals surface area contributed by atoms with E-state index >= 15 is 0 Å². The summed E-state index contributed by atoms with van der Waals surface area (Å²) in [6.45, 7) is 4.03. The third-order valence-electron chi connectivity index (χ3n) is 6.91. The van der Waals surface area contributed by atoms with Gasteiger partial charge in [-0.05, 0) is 86.2 Å². The number of aryl methyl sites for hydroxylation is 1. The van der Waals surface area contributed by atoms with E-state index in [9.17, 15) is 9.90 Å². The van der Waals surface area contributed by atoms with Gasteiger partial charge in [0.15, 0.2) is 5.11 Å². The molecule has 0 amide bonds. The highest BCUT2D eigenvalue weighted by molar-refractivity contribution is 7.80. The molecule has 188 valence electrons. The van der Waals surface area contributed by atoms with Crippen molar-refractivity contribution in [3.8, 4) is 5.69 Å². The van der Waals surface area contributed by atoms with Crippen molar-refractivity contribution in [3.05, 3.63) is 107 Å². The van der Waals surface area contributed by atoms with Gasteiger partial charge in [0.1, 0.15) is 0 Å². The van der Waals surface area contributed by atoms with Gasteiger partial charge in [-0.15, -0.1) is 0 Å². The molecule has 0 aliphatic carbocycles. The molecule has 8 heteroatoms. The molecule has 5 rings (SSSR count). The normalized spacial score (nSPS) is 17.1. The number of carboxylic acid groups (broad SMARTS) is 1. The molecule has 2 aromatic heterocycles. The predicted octanol–water partition coefficient (Wildman–Crippen LogP) is 5.43. The van der Waals surface area contributed by atoms with Gasteiger partial charge in [0.05, 0.1) is 29.0 Å². The van der Waals surface area contributed by atoms with Crippen molar-refractivity contribution in [2.45, 2.75) is 25.9 Å². The summed E-state index contributed by atoms with van der Waals surface area (Å²) in [6.07, 6.45) is 1.79. The lowest BCUT2D eigenvalue weighted by molar-refractivity contribution is 0.0697. The Morgan fingerprint density at radius 3 is 2.38 bits per heavy atom. The third-order valence-corrected chi connectivity index (χ3v) is 7.22. The molecule has 7 nitrogen and oxygen atoms in total. The summed E-state index contributed by atoms with van der Waals surface area (Å²) in [6, 6.07) is 23.0. The maximum Gasteiger partial charge on any atom is 0.337 e. The SMILES string of the molecule is Cc1cc([C@@H]2[C@@H](c3ccccn3)NC(=S)N2c2ccc(N(C)C)cc2)c(C)n1-c1ccccc1C(=O)O. The Labute approximate surface area is 222 Å². The zero-order chi connectivity index (χ0) is 26.3. The molecule has 0 radical (unpaired) electrons. The van der Waals surface area contributed by atoms with E-state index in [1.807, 2.05) is 62.8 Å². The standard InChI is InChI=1S/C29H29N5O2S/c1-18-17-23(19(2)33(18)25-11-6-5-9-22(25)28(35)36)27-26(24-10-7-8-16-30-24)31-29(37)34(27)21-14-12-20(13-15-21)32(3)4/h5-17,26-27H,1-4H3,(H,31,37)(H,35,36)/t26-,27-/m1/s1. The molecule has 1 aliphatic heterocycles. The highest BCUT2D eigenvalue weighted by Gasteiger charge is 2.42. The van der Waals surface area contributed by atoms with Gasteiger partial charge < -0.3 is 24.8 Å². The molecule has 2 N–H and O–H groups in total. The smallest absolute Gasteiger partial charge is 0.337 e. The highest BCUT2D eigenvalue weighted by Crippen LogP contribution is 2.44. The number of aromatic carboxylic acids is 1. The van der Waals surface area contributed by atoms with Crippen LogP contribution >= 0.6 is 12.2 Å². The fraction of sp³-hybridized carbons (Fsp3) is 0.207. The quantitative estimate of drug-likeness (QED) is 0.334. The van der Waals surface area contributed by atoms with Crippen molar-refractivity contribution >= 4 is 34.7 Å². The lowest BCUT2D eigenvalue weighted by Gasteiger charge is -2.28. The molecular formula is C29H29N5O2S. The Hall–Kier alpha value is -4.17. The Morgan fingerprint density at radius 2 is 1.73 bits per heavy atom. The van der Waals surface area contributed by atoms with E-state index in [0.717, 1.165) is 34.0 Å². The zero-order valence-electron chi connectivity index (χ0n) is 21.2. The zero-order valence-corrected chi connectivity index (χ0v) is 22.0. The van der Waals surface area contributed by atoms with E-state index in [4.69, 9.17) is 12.2 Å². The number of rotatable bonds is 6. The Balaban J connectivity index is 1.68. The first-order chi connectivity index (χ1) is 17.8. The fourth-order valence-electron chi connectivity index (χ4n) is 5.17. The van der Waals surface area contributed by atoms with Crippen LogP contribution in [-0.4, -0.2) is 39.8 Å². The molecule has 2 atom stereocenters. The summed E-state index contributed by atoms with van der Waals surface area (Å²) < 4.78 is 2.02. The molecule has 4 aromatic rings. The van der Waals surface area contributed by atoms with Crippen molar-refractivity contribution in [2.24, 2.45) is 0 Å². The molecule has 0 spiro atoms. The number of hydrogen-bond donors (Lipinski definition) is 2. The second-order valence-electron chi connectivity index (χ2n) is 9.39. The fourth-order valence-corrected chi connectivity index (χ4v) is 5.51. The monoisotopic (exact) mass is 511 g/mol. The topological polar surface area (TPSA) is 73.6 Å². The summed E-state index contributed by atoms with van der Waals surface area (Å²) in [5.74, 6) is -0.956. The Kier molecular flexibility index (Phi) is 6.43. The van der Waals surface area contributed by atoms with Crippen LogP contribution in [0.25, 0.3) is 5.69 Å². The summed E-state index contributed by atoms with van der Waals surface area (Å²) in [7, 11) is 4.03. The second-order valence-corrected chi connectivity index (χ2v) is 9.78. The van der Waals surface area contributed by atoms with E-state index in [0.29, 0.717) is 10.8 Å². The van der Waals surface area contributed by atoms with Gasteiger partial charge in [-0.2, -0.15) is 0 Å². The summed E-state index contributed by atoms with van der Waals surface area (Å²) in [5, 5.41) is 14.0. The first kappa shape index (κ1) is 24.5. The van der Waals surface area contributed by atoms with Crippen LogP contribution < -0.4 is 15.1 Å². The molecular weight excluding hydrogens is 482 g/mol. The molecule has 37 heavy (non-hydrogen) atoms. The number of carbonyl (C=O) groups is 1. The molecule has 1 aliphatic rings. The minimum atomic E-state index is -0.956. The average molecular weight is 512 g/mol. The summed E-state index contributed by atoms with van der Waals surface area (Å²) in [4.78, 5) is 20.9. The van der Waals surface area contributed by atoms with Crippen molar-refractivity contribution in [1.82, 2.24) is 14.9 Å². The Bertz CT molecular complexity index is 1460. The van der Waals surface area contributed by atoms with E-state index in [1.54, 1.807) is 18.3 Å². The number of benzene rings is 2. The molecule has 0 saturated carbocycles. The predicted molar refractivity (Wildman–Crippen MR) is 151 cm³/mol. The van der Waals surface area contributed by atoms with E-state index in [-0.39, 0.29) is 17.6 Å². The third kappa shape index (κ3) is 4.34. The number of hydrogen-bond acceptors (Lipinski definition) is 4. The first-order valence-corrected chi connectivity index (χ1v) is 12.5. The van der Waals surface area contributed by atoms with Gasteiger partial charge in [-0.3, -0.25) is 4.98 Å². The molecule has 3 heterocycles. The number of nitrogens with one attached hydrogen (secondary N) is 1. The van der Waals surface area contributed by atoms with Gasteiger partial charge in [0.2, 0.25) is 0 Å².